The largest absolute Gasteiger partial charge is 0.494 e. The summed E-state index contributed by atoms with van der Waals surface area (Å²) in [4.78, 5) is 20.5. The van der Waals surface area contributed by atoms with E-state index in [1.165, 1.54) is 0 Å². The molecule has 6 nitrogen and oxygen atoms in total. The van der Waals surface area contributed by atoms with Gasteiger partial charge in [0, 0.05) is 18.0 Å². The number of rotatable bonds is 4. The van der Waals surface area contributed by atoms with Gasteiger partial charge in [-0.05, 0) is 39.2 Å². The van der Waals surface area contributed by atoms with E-state index in [9.17, 15) is 4.79 Å². The lowest BCUT2D eigenvalue weighted by atomic mass is 9.78. The van der Waals surface area contributed by atoms with E-state index in [2.05, 4.69) is 9.97 Å². The van der Waals surface area contributed by atoms with Crippen LogP contribution in [0.25, 0.3) is 10.9 Å². The van der Waals surface area contributed by atoms with Crippen LogP contribution in [-0.2, 0) is 20.5 Å². The molecule has 2 N–H and O–H groups in total. The molecule has 138 valence electrons. The molecule has 1 aliphatic rings. The molecule has 1 fully saturated rings. The van der Waals surface area contributed by atoms with Crippen molar-refractivity contribution in [2.45, 2.75) is 59.2 Å². The molecule has 3 rings (SSSR count). The van der Waals surface area contributed by atoms with Crippen LogP contribution in [0.15, 0.2) is 24.4 Å². The summed E-state index contributed by atoms with van der Waals surface area (Å²) in [5, 5.41) is 0.901. The molecule has 1 aromatic heterocycles. The third-order valence-electron chi connectivity index (χ3n) is 5.45. The molecule has 1 saturated heterocycles. The molecule has 2 aromatic rings. The van der Waals surface area contributed by atoms with Gasteiger partial charge in [-0.25, -0.2) is 9.97 Å². The Labute approximate surface area is 154 Å². The highest BCUT2D eigenvalue weighted by molar-refractivity contribution is 6.62. The molecular formula is C19H26BN3O3. The van der Waals surface area contributed by atoms with Gasteiger partial charge < -0.3 is 15.0 Å². The summed E-state index contributed by atoms with van der Waals surface area (Å²) < 4.78 is 12.2. The van der Waals surface area contributed by atoms with Crippen molar-refractivity contribution in [3.63, 3.8) is 0 Å². The summed E-state index contributed by atoms with van der Waals surface area (Å²) >= 11 is 0. The number of aromatic nitrogens is 2. The number of amides is 1. The maximum absolute atomic E-state index is 11.5. The average Bonchev–Trinajstić information content (AvgIpc) is 2.74. The number of primary amides is 1. The van der Waals surface area contributed by atoms with Gasteiger partial charge in [0.1, 0.15) is 5.82 Å². The summed E-state index contributed by atoms with van der Waals surface area (Å²) in [5.41, 5.74) is 5.74. The van der Waals surface area contributed by atoms with E-state index in [1.807, 2.05) is 45.9 Å². The standard InChI is InChI=1S/C19H26BN3O3/c1-17(2,16(21)24)10-15-22-11-12-9-13(7-8-14(12)23-15)20-25-18(3,4)19(5,6)26-20/h7-9,11H,10H2,1-6H3,(H2,21,24). The fourth-order valence-corrected chi connectivity index (χ4v) is 2.78. The van der Waals surface area contributed by atoms with E-state index in [-0.39, 0.29) is 17.1 Å². The number of benzene rings is 1. The Bertz CT molecular complexity index is 848. The minimum atomic E-state index is -0.684. The number of carbonyl (C=O) groups excluding carboxylic acids is 1. The van der Waals surface area contributed by atoms with Crippen molar-refractivity contribution in [2.75, 3.05) is 0 Å². The van der Waals surface area contributed by atoms with Crippen molar-refractivity contribution in [3.8, 4) is 0 Å². The Morgan fingerprint density at radius 3 is 2.38 bits per heavy atom. The van der Waals surface area contributed by atoms with Gasteiger partial charge >= 0.3 is 7.12 Å². The number of hydrogen-bond acceptors (Lipinski definition) is 5. The zero-order valence-electron chi connectivity index (χ0n) is 16.3. The fraction of sp³-hybridized carbons (Fsp3) is 0.526. The summed E-state index contributed by atoms with van der Waals surface area (Å²) in [7, 11) is -0.419. The number of nitrogens with zero attached hydrogens (tertiary/aromatic N) is 2. The van der Waals surface area contributed by atoms with E-state index >= 15 is 0 Å². The van der Waals surface area contributed by atoms with E-state index in [4.69, 9.17) is 15.0 Å². The van der Waals surface area contributed by atoms with Gasteiger partial charge in [-0.2, -0.15) is 0 Å². The van der Waals surface area contributed by atoms with E-state index in [0.29, 0.717) is 12.2 Å². The van der Waals surface area contributed by atoms with Gasteiger partial charge in [-0.15, -0.1) is 0 Å². The van der Waals surface area contributed by atoms with Crippen LogP contribution >= 0.6 is 0 Å². The van der Waals surface area contributed by atoms with Crippen LogP contribution in [0.2, 0.25) is 0 Å². The molecule has 1 aliphatic heterocycles. The normalized spacial score (nSPS) is 19.1. The Kier molecular flexibility index (Phi) is 4.36. The first kappa shape index (κ1) is 18.8. The minimum Gasteiger partial charge on any atom is -0.399 e. The highest BCUT2D eigenvalue weighted by Crippen LogP contribution is 2.36. The van der Waals surface area contributed by atoms with Crippen LogP contribution in [0.4, 0.5) is 0 Å². The summed E-state index contributed by atoms with van der Waals surface area (Å²) in [5.74, 6) is 0.238. The second-order valence-electron chi connectivity index (χ2n) is 8.62. The topological polar surface area (TPSA) is 87.3 Å². The zero-order chi connectivity index (χ0) is 19.3. The van der Waals surface area contributed by atoms with Gasteiger partial charge in [0.15, 0.2) is 0 Å². The van der Waals surface area contributed by atoms with Crippen LogP contribution in [0.5, 0.6) is 0 Å². The first-order chi connectivity index (χ1) is 11.9. The van der Waals surface area contributed by atoms with Gasteiger partial charge in [-0.3, -0.25) is 4.79 Å². The molecule has 0 unspecified atom stereocenters. The van der Waals surface area contributed by atoms with Crippen molar-refractivity contribution < 1.29 is 14.1 Å². The van der Waals surface area contributed by atoms with Gasteiger partial charge in [-0.1, -0.05) is 26.0 Å². The van der Waals surface area contributed by atoms with Crippen LogP contribution in [0.3, 0.4) is 0 Å². The molecule has 0 saturated carbocycles. The van der Waals surface area contributed by atoms with Crippen LogP contribution < -0.4 is 11.2 Å². The summed E-state index contributed by atoms with van der Waals surface area (Å²) in [6, 6.07) is 5.87. The second kappa shape index (κ2) is 6.03. The molecular weight excluding hydrogens is 329 g/mol. The highest BCUT2D eigenvalue weighted by Gasteiger charge is 2.51. The molecule has 1 aromatic carbocycles. The first-order valence-corrected chi connectivity index (χ1v) is 8.82. The predicted molar refractivity (Wildman–Crippen MR) is 102 cm³/mol. The maximum atomic E-state index is 11.5. The predicted octanol–water partition coefficient (Wildman–Crippen LogP) is 1.98. The Morgan fingerprint density at radius 1 is 1.19 bits per heavy atom. The Morgan fingerprint density at radius 2 is 1.81 bits per heavy atom. The Hall–Kier alpha value is -1.99. The molecule has 26 heavy (non-hydrogen) atoms. The minimum absolute atomic E-state index is 0.364. The molecule has 1 amide bonds. The first-order valence-electron chi connectivity index (χ1n) is 8.82. The maximum Gasteiger partial charge on any atom is 0.494 e. The molecule has 7 heteroatoms. The van der Waals surface area contributed by atoms with Crippen LogP contribution in [0.1, 0.15) is 47.4 Å². The molecule has 0 radical (unpaired) electrons. The number of fused-ring (bicyclic) bond motifs is 1. The van der Waals surface area contributed by atoms with E-state index < -0.39 is 12.5 Å². The SMILES string of the molecule is CC(C)(Cc1ncc2cc(B3OC(C)(C)C(C)(C)O3)ccc2n1)C(N)=O. The average molecular weight is 355 g/mol. The van der Waals surface area contributed by atoms with Crippen molar-refractivity contribution in [2.24, 2.45) is 11.1 Å². The number of hydrogen-bond donors (Lipinski definition) is 1. The fourth-order valence-electron chi connectivity index (χ4n) is 2.78. The molecule has 0 atom stereocenters. The molecule has 0 spiro atoms. The van der Waals surface area contributed by atoms with Gasteiger partial charge in [0.25, 0.3) is 0 Å². The third-order valence-corrected chi connectivity index (χ3v) is 5.45. The van der Waals surface area contributed by atoms with Crippen LogP contribution in [-0.4, -0.2) is 34.2 Å². The van der Waals surface area contributed by atoms with E-state index in [0.717, 1.165) is 16.4 Å². The zero-order valence-corrected chi connectivity index (χ0v) is 16.3. The third kappa shape index (κ3) is 3.33. The molecule has 0 aliphatic carbocycles. The molecule has 0 bridgehead atoms. The van der Waals surface area contributed by atoms with Crippen molar-refractivity contribution in [1.29, 1.82) is 0 Å². The highest BCUT2D eigenvalue weighted by atomic mass is 16.7. The van der Waals surface area contributed by atoms with Crippen molar-refractivity contribution in [3.05, 3.63) is 30.2 Å². The summed E-state index contributed by atoms with van der Waals surface area (Å²) in [6.07, 6.45) is 2.17. The monoisotopic (exact) mass is 355 g/mol. The number of carbonyl (C=O) groups is 1. The van der Waals surface area contributed by atoms with Crippen molar-refractivity contribution >= 4 is 29.4 Å². The quantitative estimate of drug-likeness (QED) is 0.848. The smallest absolute Gasteiger partial charge is 0.399 e. The second-order valence-corrected chi connectivity index (χ2v) is 8.62. The lowest BCUT2D eigenvalue weighted by Crippen LogP contribution is -2.41. The number of nitrogens with two attached hydrogens (primary N) is 1. The lowest BCUT2D eigenvalue weighted by Gasteiger charge is -2.32. The lowest BCUT2D eigenvalue weighted by molar-refractivity contribution is -0.126. The molecule has 2 heterocycles. The van der Waals surface area contributed by atoms with Crippen molar-refractivity contribution in [1.82, 2.24) is 9.97 Å². The van der Waals surface area contributed by atoms with Gasteiger partial charge in [0.05, 0.1) is 22.1 Å². The van der Waals surface area contributed by atoms with E-state index in [1.54, 1.807) is 20.0 Å². The van der Waals surface area contributed by atoms with Crippen LogP contribution in [0, 0.1) is 5.41 Å². The summed E-state index contributed by atoms with van der Waals surface area (Å²) in [6.45, 7) is 11.7. The Balaban J connectivity index is 1.87. The van der Waals surface area contributed by atoms with Gasteiger partial charge in [0.2, 0.25) is 5.91 Å².